The fraction of sp³-hybridized carbons (Fsp3) is 0.391. The van der Waals surface area contributed by atoms with Crippen LogP contribution in [0.5, 0.6) is 0 Å². The molecule has 0 aliphatic carbocycles. The molecule has 2 N–H and O–H groups in total. The van der Waals surface area contributed by atoms with Gasteiger partial charge in [0.1, 0.15) is 5.82 Å². The molecule has 29 heavy (non-hydrogen) atoms. The third-order valence-electron chi connectivity index (χ3n) is 4.90. The molecule has 0 bridgehead atoms. The molecule has 1 aliphatic heterocycles. The standard InChI is InChI=1S/C23H29FN4O/c1-2-25-23(26-12-11-18-6-4-9-21(24)15-18)27-16-19-7-3-8-20(14-19)17-28-13-5-10-22(28)29/h3-4,6-9,14-15H,2,5,10-13,16-17H2,1H3,(H2,25,26,27). The van der Waals surface area contributed by atoms with Crippen LogP contribution in [0.2, 0.25) is 0 Å². The Morgan fingerprint density at radius 3 is 2.66 bits per heavy atom. The Labute approximate surface area is 172 Å². The molecule has 154 valence electrons. The molecule has 0 saturated carbocycles. The van der Waals surface area contributed by atoms with Gasteiger partial charge in [-0.1, -0.05) is 36.4 Å². The highest BCUT2D eigenvalue weighted by Gasteiger charge is 2.19. The van der Waals surface area contributed by atoms with Crippen molar-refractivity contribution in [1.82, 2.24) is 15.5 Å². The highest BCUT2D eigenvalue weighted by atomic mass is 19.1. The maximum Gasteiger partial charge on any atom is 0.222 e. The number of amides is 1. The molecular formula is C23H29FN4O. The Morgan fingerprint density at radius 1 is 1.10 bits per heavy atom. The van der Waals surface area contributed by atoms with E-state index in [9.17, 15) is 9.18 Å². The van der Waals surface area contributed by atoms with E-state index in [1.165, 1.54) is 6.07 Å². The van der Waals surface area contributed by atoms with Crippen molar-refractivity contribution in [3.05, 3.63) is 71.0 Å². The molecule has 1 saturated heterocycles. The number of likely N-dealkylation sites (tertiary alicyclic amines) is 1. The third kappa shape index (κ3) is 6.59. The first-order valence-corrected chi connectivity index (χ1v) is 10.3. The van der Waals surface area contributed by atoms with Crippen LogP contribution >= 0.6 is 0 Å². The molecule has 0 radical (unpaired) electrons. The van der Waals surface area contributed by atoms with Crippen molar-refractivity contribution < 1.29 is 9.18 Å². The summed E-state index contributed by atoms with van der Waals surface area (Å²) < 4.78 is 13.3. The number of hydrogen-bond donors (Lipinski definition) is 2. The first-order chi connectivity index (χ1) is 14.1. The molecule has 0 atom stereocenters. The first kappa shape index (κ1) is 20.8. The minimum absolute atomic E-state index is 0.210. The van der Waals surface area contributed by atoms with Crippen molar-refractivity contribution in [2.75, 3.05) is 19.6 Å². The zero-order valence-corrected chi connectivity index (χ0v) is 17.0. The van der Waals surface area contributed by atoms with E-state index >= 15 is 0 Å². The van der Waals surface area contributed by atoms with Gasteiger partial charge in [-0.2, -0.15) is 0 Å². The topological polar surface area (TPSA) is 56.7 Å². The van der Waals surface area contributed by atoms with Crippen molar-refractivity contribution in [1.29, 1.82) is 0 Å². The normalized spacial score (nSPS) is 14.3. The molecule has 2 aromatic rings. The molecular weight excluding hydrogens is 367 g/mol. The van der Waals surface area contributed by atoms with Gasteiger partial charge in [0.15, 0.2) is 5.96 Å². The minimum atomic E-state index is -0.210. The monoisotopic (exact) mass is 396 g/mol. The summed E-state index contributed by atoms with van der Waals surface area (Å²) in [6.45, 7) is 5.53. The van der Waals surface area contributed by atoms with Crippen LogP contribution in [-0.4, -0.2) is 36.4 Å². The van der Waals surface area contributed by atoms with E-state index in [4.69, 9.17) is 0 Å². The molecule has 1 fully saturated rings. The zero-order valence-electron chi connectivity index (χ0n) is 17.0. The molecule has 0 unspecified atom stereocenters. The van der Waals surface area contributed by atoms with Crippen molar-refractivity contribution in [2.24, 2.45) is 4.99 Å². The number of guanidine groups is 1. The molecule has 0 aromatic heterocycles. The van der Waals surface area contributed by atoms with E-state index in [0.29, 0.717) is 26.1 Å². The largest absolute Gasteiger partial charge is 0.357 e. The number of nitrogens with one attached hydrogen (secondary N) is 2. The lowest BCUT2D eigenvalue weighted by atomic mass is 10.1. The first-order valence-electron chi connectivity index (χ1n) is 10.3. The van der Waals surface area contributed by atoms with Gasteiger partial charge in [0.05, 0.1) is 6.54 Å². The molecule has 0 spiro atoms. The van der Waals surface area contributed by atoms with Crippen molar-refractivity contribution >= 4 is 11.9 Å². The van der Waals surface area contributed by atoms with Gasteiger partial charge in [0.2, 0.25) is 5.91 Å². The molecule has 1 heterocycles. The van der Waals surface area contributed by atoms with Crippen LogP contribution in [0.3, 0.4) is 0 Å². The van der Waals surface area contributed by atoms with Gasteiger partial charge in [-0.05, 0) is 48.6 Å². The summed E-state index contributed by atoms with van der Waals surface area (Å²) >= 11 is 0. The summed E-state index contributed by atoms with van der Waals surface area (Å²) in [7, 11) is 0. The second-order valence-electron chi connectivity index (χ2n) is 7.24. The quantitative estimate of drug-likeness (QED) is 0.532. The van der Waals surface area contributed by atoms with Crippen LogP contribution in [0.15, 0.2) is 53.5 Å². The number of benzene rings is 2. The average molecular weight is 397 g/mol. The lowest BCUT2D eigenvalue weighted by molar-refractivity contribution is -0.128. The number of aliphatic imine (C=N–C) groups is 1. The van der Waals surface area contributed by atoms with E-state index < -0.39 is 0 Å². The van der Waals surface area contributed by atoms with Crippen molar-refractivity contribution in [2.45, 2.75) is 39.3 Å². The van der Waals surface area contributed by atoms with Gasteiger partial charge in [-0.25, -0.2) is 9.38 Å². The molecule has 2 aromatic carbocycles. The maximum atomic E-state index is 13.3. The van der Waals surface area contributed by atoms with Gasteiger partial charge in [0.25, 0.3) is 0 Å². The SMILES string of the molecule is CCNC(=NCc1cccc(CN2CCCC2=O)c1)NCCc1cccc(F)c1. The summed E-state index contributed by atoms with van der Waals surface area (Å²) in [5.74, 6) is 0.771. The molecule has 1 amide bonds. The Morgan fingerprint density at radius 2 is 1.90 bits per heavy atom. The smallest absolute Gasteiger partial charge is 0.222 e. The number of nitrogens with zero attached hydrogens (tertiary/aromatic N) is 2. The second-order valence-corrected chi connectivity index (χ2v) is 7.24. The lowest BCUT2D eigenvalue weighted by Crippen LogP contribution is -2.38. The fourth-order valence-corrected chi connectivity index (χ4v) is 3.45. The van der Waals surface area contributed by atoms with Crippen LogP contribution in [0.4, 0.5) is 4.39 Å². The predicted molar refractivity (Wildman–Crippen MR) is 114 cm³/mol. The highest BCUT2D eigenvalue weighted by molar-refractivity contribution is 5.79. The summed E-state index contributed by atoms with van der Waals surface area (Å²) in [4.78, 5) is 18.4. The number of carbonyl (C=O) groups excluding carboxylic acids is 1. The Kier molecular flexibility index (Phi) is 7.61. The predicted octanol–water partition coefficient (Wildman–Crippen LogP) is 3.25. The molecule has 5 nitrogen and oxygen atoms in total. The van der Waals surface area contributed by atoms with Gasteiger partial charge < -0.3 is 15.5 Å². The van der Waals surface area contributed by atoms with Gasteiger partial charge in [-0.3, -0.25) is 4.79 Å². The average Bonchev–Trinajstić information content (AvgIpc) is 3.11. The van der Waals surface area contributed by atoms with Crippen molar-refractivity contribution in [3.63, 3.8) is 0 Å². The van der Waals surface area contributed by atoms with E-state index in [-0.39, 0.29) is 11.7 Å². The van der Waals surface area contributed by atoms with Crippen LogP contribution < -0.4 is 10.6 Å². The number of rotatable bonds is 8. The van der Waals surface area contributed by atoms with Gasteiger partial charge in [-0.15, -0.1) is 0 Å². The maximum absolute atomic E-state index is 13.3. The Balaban J connectivity index is 1.55. The number of carbonyl (C=O) groups is 1. The molecule has 6 heteroatoms. The summed E-state index contributed by atoms with van der Waals surface area (Å²) in [6.07, 6.45) is 2.34. The van der Waals surface area contributed by atoms with Crippen LogP contribution in [-0.2, 0) is 24.3 Å². The summed E-state index contributed by atoms with van der Waals surface area (Å²) in [6, 6.07) is 14.9. The lowest BCUT2D eigenvalue weighted by Gasteiger charge is -2.16. The minimum Gasteiger partial charge on any atom is -0.357 e. The Bertz CT molecular complexity index is 852. The molecule has 1 aliphatic rings. The van der Waals surface area contributed by atoms with E-state index in [1.54, 1.807) is 12.1 Å². The summed E-state index contributed by atoms with van der Waals surface area (Å²) in [5.41, 5.74) is 3.20. The fourth-order valence-electron chi connectivity index (χ4n) is 3.45. The van der Waals surface area contributed by atoms with Crippen LogP contribution in [0.25, 0.3) is 0 Å². The zero-order chi connectivity index (χ0) is 20.5. The van der Waals surface area contributed by atoms with Gasteiger partial charge in [0, 0.05) is 32.6 Å². The number of halogens is 1. The Hall–Kier alpha value is -2.89. The van der Waals surface area contributed by atoms with Crippen molar-refractivity contribution in [3.8, 4) is 0 Å². The van der Waals surface area contributed by atoms with Crippen LogP contribution in [0, 0.1) is 5.82 Å². The third-order valence-corrected chi connectivity index (χ3v) is 4.90. The highest BCUT2D eigenvalue weighted by Crippen LogP contribution is 2.15. The van der Waals surface area contributed by atoms with Crippen LogP contribution in [0.1, 0.15) is 36.5 Å². The van der Waals surface area contributed by atoms with E-state index in [2.05, 4.69) is 33.8 Å². The van der Waals surface area contributed by atoms with E-state index in [0.717, 1.165) is 48.6 Å². The van der Waals surface area contributed by atoms with E-state index in [1.807, 2.05) is 24.0 Å². The van der Waals surface area contributed by atoms with Gasteiger partial charge >= 0.3 is 0 Å². The summed E-state index contributed by atoms with van der Waals surface area (Å²) in [5, 5.41) is 6.54. The second kappa shape index (κ2) is 10.6. The number of hydrogen-bond acceptors (Lipinski definition) is 2. The molecule has 3 rings (SSSR count).